The SMILES string of the molecule is O=C(Nc1ccccc1)N[C@@]1(C(F)(F)F)Oc2ccc(Cl)cc2O1. The van der Waals surface area contributed by atoms with Crippen molar-refractivity contribution < 1.29 is 27.4 Å². The average molecular weight is 359 g/mol. The highest BCUT2D eigenvalue weighted by atomic mass is 35.5. The fraction of sp³-hybridized carbons (Fsp3) is 0.133. The lowest BCUT2D eigenvalue weighted by atomic mass is 10.3. The van der Waals surface area contributed by atoms with Crippen molar-refractivity contribution in [3.8, 4) is 11.5 Å². The lowest BCUT2D eigenvalue weighted by Crippen LogP contribution is -2.65. The van der Waals surface area contributed by atoms with Crippen LogP contribution in [0.3, 0.4) is 0 Å². The monoisotopic (exact) mass is 358 g/mol. The molecule has 9 heteroatoms. The van der Waals surface area contributed by atoms with Gasteiger partial charge in [0.25, 0.3) is 0 Å². The first kappa shape index (κ1) is 16.3. The van der Waals surface area contributed by atoms with Gasteiger partial charge in [0.1, 0.15) is 0 Å². The number of nitrogens with one attached hydrogen (secondary N) is 2. The molecule has 0 radical (unpaired) electrons. The van der Waals surface area contributed by atoms with Gasteiger partial charge in [-0.3, -0.25) is 5.32 Å². The van der Waals surface area contributed by atoms with Gasteiger partial charge in [-0.15, -0.1) is 0 Å². The maximum absolute atomic E-state index is 13.5. The van der Waals surface area contributed by atoms with Gasteiger partial charge in [-0.1, -0.05) is 29.8 Å². The molecule has 0 aromatic heterocycles. The maximum atomic E-state index is 13.5. The molecular formula is C15H10ClF3N2O3. The number of carbonyl (C=O) groups excluding carboxylic acids is 1. The third-order valence-corrected chi connectivity index (χ3v) is 3.33. The summed E-state index contributed by atoms with van der Waals surface area (Å²) in [5.41, 5.74) is 0.311. The first-order valence-corrected chi connectivity index (χ1v) is 7.05. The number of hydrogen-bond donors (Lipinski definition) is 2. The third-order valence-electron chi connectivity index (χ3n) is 3.10. The highest BCUT2D eigenvalue weighted by Crippen LogP contribution is 2.46. The number of anilines is 1. The number of alkyl halides is 3. The van der Waals surface area contributed by atoms with Crippen molar-refractivity contribution in [2.45, 2.75) is 12.1 Å². The number of carbonyl (C=O) groups is 1. The van der Waals surface area contributed by atoms with Crippen molar-refractivity contribution in [2.75, 3.05) is 5.32 Å². The molecule has 2 aromatic rings. The first-order chi connectivity index (χ1) is 11.3. The minimum atomic E-state index is -5.04. The van der Waals surface area contributed by atoms with Crippen LogP contribution in [0.25, 0.3) is 0 Å². The normalized spacial score (nSPS) is 19.0. The number of para-hydroxylation sites is 1. The van der Waals surface area contributed by atoms with Crippen molar-refractivity contribution in [3.63, 3.8) is 0 Å². The summed E-state index contributed by atoms with van der Waals surface area (Å²) in [4.78, 5) is 11.9. The summed E-state index contributed by atoms with van der Waals surface area (Å²) < 4.78 is 50.1. The number of halogens is 4. The van der Waals surface area contributed by atoms with E-state index in [2.05, 4.69) is 5.32 Å². The Morgan fingerprint density at radius 1 is 1.04 bits per heavy atom. The Hall–Kier alpha value is -2.61. The molecule has 0 aliphatic carbocycles. The molecule has 0 saturated carbocycles. The second kappa shape index (κ2) is 5.79. The van der Waals surface area contributed by atoms with Crippen molar-refractivity contribution in [3.05, 3.63) is 53.6 Å². The van der Waals surface area contributed by atoms with Gasteiger partial charge in [0.2, 0.25) is 0 Å². The molecule has 24 heavy (non-hydrogen) atoms. The Bertz CT molecular complexity index is 770. The number of urea groups is 1. The number of amides is 2. The first-order valence-electron chi connectivity index (χ1n) is 6.68. The molecule has 1 atom stereocenters. The van der Waals surface area contributed by atoms with Gasteiger partial charge >= 0.3 is 18.1 Å². The second-order valence-electron chi connectivity index (χ2n) is 4.85. The predicted molar refractivity (Wildman–Crippen MR) is 80.1 cm³/mol. The van der Waals surface area contributed by atoms with Crippen LogP contribution in [0.2, 0.25) is 5.02 Å². The largest absolute Gasteiger partial charge is 0.492 e. The van der Waals surface area contributed by atoms with Gasteiger partial charge in [0, 0.05) is 16.8 Å². The van der Waals surface area contributed by atoms with Crippen LogP contribution in [0.5, 0.6) is 11.5 Å². The van der Waals surface area contributed by atoms with E-state index in [0.717, 1.165) is 0 Å². The predicted octanol–water partition coefficient (Wildman–Crippen LogP) is 4.15. The van der Waals surface area contributed by atoms with Crippen molar-refractivity contribution in [2.24, 2.45) is 0 Å². The minimum absolute atomic E-state index is 0.170. The summed E-state index contributed by atoms with van der Waals surface area (Å²) in [5.74, 6) is -3.74. The van der Waals surface area contributed by atoms with Crippen LogP contribution in [0.15, 0.2) is 48.5 Å². The Kier molecular flexibility index (Phi) is 3.92. The molecule has 0 bridgehead atoms. The molecule has 126 valence electrons. The Morgan fingerprint density at radius 2 is 1.71 bits per heavy atom. The minimum Gasteiger partial charge on any atom is -0.424 e. The van der Waals surface area contributed by atoms with E-state index >= 15 is 0 Å². The van der Waals surface area contributed by atoms with E-state index in [1.807, 2.05) is 0 Å². The van der Waals surface area contributed by atoms with Gasteiger partial charge in [-0.25, -0.2) is 4.79 Å². The molecule has 1 aliphatic heterocycles. The zero-order chi connectivity index (χ0) is 17.4. The quantitative estimate of drug-likeness (QED) is 0.848. The number of hydrogen-bond acceptors (Lipinski definition) is 3. The van der Waals surface area contributed by atoms with E-state index in [1.54, 1.807) is 23.5 Å². The fourth-order valence-electron chi connectivity index (χ4n) is 2.05. The molecule has 2 aromatic carbocycles. The van der Waals surface area contributed by atoms with Crippen LogP contribution in [0.4, 0.5) is 23.7 Å². The molecule has 1 aliphatic rings. The highest BCUT2D eigenvalue weighted by Gasteiger charge is 2.65. The molecule has 0 saturated heterocycles. The zero-order valence-electron chi connectivity index (χ0n) is 11.9. The van der Waals surface area contributed by atoms with Crippen LogP contribution in [-0.2, 0) is 0 Å². The lowest BCUT2D eigenvalue weighted by Gasteiger charge is -2.29. The Morgan fingerprint density at radius 3 is 2.38 bits per heavy atom. The summed E-state index contributed by atoms with van der Waals surface area (Å²) in [7, 11) is 0. The van der Waals surface area contributed by atoms with E-state index < -0.39 is 18.1 Å². The topological polar surface area (TPSA) is 59.6 Å². The molecule has 0 fully saturated rings. The summed E-state index contributed by atoms with van der Waals surface area (Å²) in [6, 6.07) is 10.6. The van der Waals surface area contributed by atoms with Crippen molar-refractivity contribution in [1.82, 2.24) is 5.32 Å². The van der Waals surface area contributed by atoms with Crippen molar-refractivity contribution >= 4 is 23.3 Å². The summed E-state index contributed by atoms with van der Waals surface area (Å²) in [6.45, 7) is 0. The Labute approximate surface area is 139 Å². The molecule has 5 nitrogen and oxygen atoms in total. The Balaban J connectivity index is 1.83. The van der Waals surface area contributed by atoms with Crippen LogP contribution in [0, 0.1) is 0 Å². The summed E-state index contributed by atoms with van der Waals surface area (Å²) in [5, 5.41) is 4.12. The second-order valence-corrected chi connectivity index (χ2v) is 5.29. The van der Waals surface area contributed by atoms with E-state index in [9.17, 15) is 18.0 Å². The smallest absolute Gasteiger partial charge is 0.424 e. The molecule has 0 unspecified atom stereocenters. The van der Waals surface area contributed by atoms with Gasteiger partial charge in [-0.2, -0.15) is 13.2 Å². The number of benzene rings is 2. The summed E-state index contributed by atoms with van der Waals surface area (Å²) >= 11 is 5.73. The van der Waals surface area contributed by atoms with Crippen LogP contribution >= 0.6 is 11.6 Å². The number of fused-ring (bicyclic) bond motifs is 1. The van der Waals surface area contributed by atoms with Gasteiger partial charge in [0.15, 0.2) is 11.5 Å². The standard InChI is InChI=1S/C15H10ClF3N2O3/c16-9-6-7-11-12(8-9)24-15(23-11,14(17,18)19)21-13(22)20-10-4-2-1-3-5-10/h1-8H,(H2,20,21,22)/t15-/m0/s1. The lowest BCUT2D eigenvalue weighted by molar-refractivity contribution is -0.317. The van der Waals surface area contributed by atoms with E-state index in [4.69, 9.17) is 21.1 Å². The van der Waals surface area contributed by atoms with E-state index in [0.29, 0.717) is 5.69 Å². The highest BCUT2D eigenvalue weighted by molar-refractivity contribution is 6.30. The van der Waals surface area contributed by atoms with Crippen LogP contribution in [0.1, 0.15) is 0 Å². The number of ether oxygens (including phenoxy) is 2. The molecule has 1 heterocycles. The molecule has 2 amide bonds. The van der Waals surface area contributed by atoms with Gasteiger partial charge in [0.05, 0.1) is 0 Å². The van der Waals surface area contributed by atoms with E-state index in [-0.39, 0.29) is 16.5 Å². The molecule has 2 N–H and O–H groups in total. The molecule has 0 spiro atoms. The number of rotatable bonds is 2. The fourth-order valence-corrected chi connectivity index (χ4v) is 2.21. The van der Waals surface area contributed by atoms with Gasteiger partial charge < -0.3 is 14.8 Å². The van der Waals surface area contributed by atoms with E-state index in [1.165, 1.54) is 30.3 Å². The molecular weight excluding hydrogens is 349 g/mol. The van der Waals surface area contributed by atoms with Crippen LogP contribution in [-0.4, -0.2) is 18.1 Å². The van der Waals surface area contributed by atoms with Gasteiger partial charge in [-0.05, 0) is 24.3 Å². The van der Waals surface area contributed by atoms with Crippen LogP contribution < -0.4 is 20.1 Å². The maximum Gasteiger partial charge on any atom is 0.492 e. The average Bonchev–Trinajstić information content (AvgIpc) is 2.86. The third kappa shape index (κ3) is 3.05. The van der Waals surface area contributed by atoms with Crippen molar-refractivity contribution in [1.29, 1.82) is 0 Å². The molecule has 3 rings (SSSR count). The summed E-state index contributed by atoms with van der Waals surface area (Å²) in [6.07, 6.45) is -5.04. The zero-order valence-corrected chi connectivity index (χ0v) is 12.6.